The number of hydrogen-bond acceptors (Lipinski definition) is 11. The Morgan fingerprint density at radius 1 is 0.906 bits per heavy atom. The highest BCUT2D eigenvalue weighted by Gasteiger charge is 2.32. The van der Waals surface area contributed by atoms with Crippen LogP contribution < -0.4 is 20.9 Å². The number of carbonyl (C=O) groups excluding carboxylic acids is 3. The van der Waals surface area contributed by atoms with Gasteiger partial charge in [0.25, 0.3) is 17.7 Å². The van der Waals surface area contributed by atoms with E-state index >= 15 is 0 Å². The van der Waals surface area contributed by atoms with E-state index in [4.69, 9.17) is 10.1 Å². The molecule has 0 saturated carbocycles. The summed E-state index contributed by atoms with van der Waals surface area (Å²) in [7, 11) is 5.29. The van der Waals surface area contributed by atoms with Crippen LogP contribution in [0, 0.1) is 0 Å². The second-order valence-electron chi connectivity index (χ2n) is 13.8. The standard InChI is InChI=1S/C37H41N13O3/c1-38-36(52)33-30(16-32(44-45-33)43-35(51)23-17-39-47(3)19-23)42-28-10-7-9-26-27-18-40-50(31(27)22-46(2)34(26)28)25-12-15-48(21-25)20-24-8-6-11-29(41-24)37(53)49-13-4-5-14-49/h6-11,16-19,25H,4-5,12-15,20-22H2,1-3H3,(H,38,52)(H2,42,43,44,51). The van der Waals surface area contributed by atoms with E-state index in [9.17, 15) is 14.4 Å². The van der Waals surface area contributed by atoms with E-state index in [2.05, 4.69) is 51.8 Å². The molecule has 16 nitrogen and oxygen atoms in total. The summed E-state index contributed by atoms with van der Waals surface area (Å²) in [4.78, 5) is 49.8. The van der Waals surface area contributed by atoms with Crippen LogP contribution in [0.5, 0.6) is 0 Å². The SMILES string of the molecule is CNC(=O)c1nnc(NC(=O)c2cnn(C)c2)cc1Nc1cccc2c1N(C)Cc1c-2cnn1C1CCN(Cc2cccc(C(=O)N3CCCC3)n2)C1. The van der Waals surface area contributed by atoms with Gasteiger partial charge in [-0.25, -0.2) is 4.98 Å². The maximum Gasteiger partial charge on any atom is 0.273 e. The van der Waals surface area contributed by atoms with Crippen molar-refractivity contribution >= 4 is 40.6 Å². The molecule has 7 heterocycles. The van der Waals surface area contributed by atoms with Gasteiger partial charge in [0.15, 0.2) is 11.5 Å². The van der Waals surface area contributed by atoms with Gasteiger partial charge in [-0.2, -0.15) is 10.2 Å². The minimum absolute atomic E-state index is 0.0222. The molecular formula is C37H41N13O3. The molecule has 1 unspecified atom stereocenters. The third-order valence-corrected chi connectivity index (χ3v) is 10.1. The zero-order chi connectivity index (χ0) is 36.6. The van der Waals surface area contributed by atoms with E-state index in [1.807, 2.05) is 48.5 Å². The van der Waals surface area contributed by atoms with Crippen LogP contribution in [-0.2, 0) is 20.1 Å². The third kappa shape index (κ3) is 6.68. The van der Waals surface area contributed by atoms with E-state index in [1.165, 1.54) is 17.9 Å². The van der Waals surface area contributed by atoms with Gasteiger partial charge >= 0.3 is 0 Å². The molecule has 272 valence electrons. The fourth-order valence-electron chi connectivity index (χ4n) is 7.52. The first kappa shape index (κ1) is 34.0. The average Bonchev–Trinajstić information content (AvgIpc) is 4.00. The number of hydrogen-bond donors (Lipinski definition) is 3. The number of amides is 3. The van der Waals surface area contributed by atoms with Crippen molar-refractivity contribution in [2.75, 3.05) is 55.8 Å². The fourth-order valence-corrected chi connectivity index (χ4v) is 7.52. The smallest absolute Gasteiger partial charge is 0.273 e. The molecular weight excluding hydrogens is 674 g/mol. The minimum atomic E-state index is -0.420. The minimum Gasteiger partial charge on any atom is -0.366 e. The molecule has 8 rings (SSSR count). The Kier molecular flexibility index (Phi) is 9.04. The first-order valence-corrected chi connectivity index (χ1v) is 17.8. The molecule has 16 heteroatoms. The highest BCUT2D eigenvalue weighted by molar-refractivity contribution is 6.05. The molecule has 0 spiro atoms. The number of rotatable bonds is 9. The lowest BCUT2D eigenvalue weighted by molar-refractivity contribution is 0.0786. The Balaban J connectivity index is 1.01. The van der Waals surface area contributed by atoms with Crippen LogP contribution in [0.2, 0.25) is 0 Å². The Bertz CT molecular complexity index is 2210. The fraction of sp³-hybridized carbons (Fsp3) is 0.351. The number of likely N-dealkylation sites (tertiary alicyclic amines) is 2. The van der Waals surface area contributed by atoms with Crippen molar-refractivity contribution in [2.45, 2.75) is 38.4 Å². The lowest BCUT2D eigenvalue weighted by Gasteiger charge is -2.31. The van der Waals surface area contributed by atoms with Gasteiger partial charge in [-0.3, -0.25) is 28.6 Å². The lowest BCUT2D eigenvalue weighted by Crippen LogP contribution is -2.29. The number of benzene rings is 1. The second-order valence-corrected chi connectivity index (χ2v) is 13.8. The Morgan fingerprint density at radius 3 is 2.53 bits per heavy atom. The summed E-state index contributed by atoms with van der Waals surface area (Å²) in [6, 6.07) is 13.5. The summed E-state index contributed by atoms with van der Waals surface area (Å²) >= 11 is 0. The van der Waals surface area contributed by atoms with Gasteiger partial charge in [0.05, 0.1) is 59.0 Å². The lowest BCUT2D eigenvalue weighted by atomic mass is 9.97. The van der Waals surface area contributed by atoms with Crippen LogP contribution in [0.4, 0.5) is 22.9 Å². The van der Waals surface area contributed by atoms with Gasteiger partial charge in [-0.15, -0.1) is 10.2 Å². The number of nitrogens with one attached hydrogen (secondary N) is 3. The van der Waals surface area contributed by atoms with E-state index in [1.54, 1.807) is 19.3 Å². The first-order chi connectivity index (χ1) is 25.7. The normalized spacial score (nSPS) is 16.7. The van der Waals surface area contributed by atoms with Crippen molar-refractivity contribution in [1.29, 1.82) is 0 Å². The molecule has 2 fully saturated rings. The summed E-state index contributed by atoms with van der Waals surface area (Å²) in [5.41, 5.74) is 7.17. The van der Waals surface area contributed by atoms with Gasteiger partial charge in [0.1, 0.15) is 5.69 Å². The first-order valence-electron chi connectivity index (χ1n) is 17.8. The van der Waals surface area contributed by atoms with Crippen LogP contribution in [0.3, 0.4) is 0 Å². The summed E-state index contributed by atoms with van der Waals surface area (Å²) in [6.07, 6.45) is 8.07. The molecule has 4 aromatic heterocycles. The largest absolute Gasteiger partial charge is 0.366 e. The quantitative estimate of drug-likeness (QED) is 0.204. The highest BCUT2D eigenvalue weighted by Crippen LogP contribution is 2.45. The number of aryl methyl sites for hydroxylation is 1. The maximum atomic E-state index is 12.9. The second kappa shape index (κ2) is 14.1. The highest BCUT2D eigenvalue weighted by atomic mass is 16.2. The molecule has 0 aliphatic carbocycles. The molecule has 3 aliphatic rings. The van der Waals surface area contributed by atoms with E-state index < -0.39 is 11.8 Å². The molecule has 0 radical (unpaired) electrons. The van der Waals surface area contributed by atoms with Crippen LogP contribution in [-0.4, -0.2) is 103 Å². The average molecular weight is 716 g/mol. The number of aromatic nitrogens is 7. The van der Waals surface area contributed by atoms with Crippen LogP contribution in [0.25, 0.3) is 11.1 Å². The van der Waals surface area contributed by atoms with Crippen molar-refractivity contribution in [1.82, 2.24) is 49.9 Å². The Morgan fingerprint density at radius 2 is 1.74 bits per heavy atom. The Labute approximate surface area is 306 Å². The predicted molar refractivity (Wildman–Crippen MR) is 198 cm³/mol. The van der Waals surface area contributed by atoms with Gasteiger partial charge in [-0.05, 0) is 37.5 Å². The van der Waals surface area contributed by atoms with Crippen molar-refractivity contribution in [2.24, 2.45) is 7.05 Å². The van der Waals surface area contributed by atoms with Gasteiger partial charge in [0.2, 0.25) is 0 Å². The Hall–Kier alpha value is -6.16. The third-order valence-electron chi connectivity index (χ3n) is 10.1. The summed E-state index contributed by atoms with van der Waals surface area (Å²) in [6.45, 7) is 4.65. The van der Waals surface area contributed by atoms with Crippen molar-refractivity contribution in [3.63, 3.8) is 0 Å². The van der Waals surface area contributed by atoms with E-state index in [0.29, 0.717) is 30.0 Å². The van der Waals surface area contributed by atoms with Crippen molar-refractivity contribution in [3.8, 4) is 11.1 Å². The zero-order valence-corrected chi connectivity index (χ0v) is 29.9. The summed E-state index contributed by atoms with van der Waals surface area (Å²) in [5.74, 6) is -0.612. The van der Waals surface area contributed by atoms with E-state index in [-0.39, 0.29) is 23.5 Å². The number of para-hydroxylation sites is 1. The molecule has 2 saturated heterocycles. The number of anilines is 4. The molecule has 3 aliphatic heterocycles. The molecule has 3 amide bonds. The molecule has 5 aromatic rings. The van der Waals surface area contributed by atoms with Crippen molar-refractivity contribution in [3.05, 3.63) is 89.4 Å². The molecule has 1 atom stereocenters. The van der Waals surface area contributed by atoms with Crippen LogP contribution in [0.15, 0.2) is 61.1 Å². The van der Waals surface area contributed by atoms with Gasteiger partial charge in [0, 0.05) is 77.3 Å². The number of pyridine rings is 1. The van der Waals surface area contributed by atoms with Gasteiger partial charge in [-0.1, -0.05) is 18.2 Å². The van der Waals surface area contributed by atoms with Crippen molar-refractivity contribution < 1.29 is 14.4 Å². The molecule has 3 N–H and O–H groups in total. The molecule has 0 bridgehead atoms. The van der Waals surface area contributed by atoms with Crippen LogP contribution >= 0.6 is 0 Å². The maximum absolute atomic E-state index is 12.9. The monoisotopic (exact) mass is 715 g/mol. The number of carbonyl (C=O) groups is 3. The number of nitrogens with zero attached hydrogens (tertiary/aromatic N) is 10. The molecule has 1 aromatic carbocycles. The summed E-state index contributed by atoms with van der Waals surface area (Å²) in [5, 5.41) is 26.0. The van der Waals surface area contributed by atoms with Crippen LogP contribution in [0.1, 0.15) is 68.0 Å². The summed E-state index contributed by atoms with van der Waals surface area (Å²) < 4.78 is 3.71. The van der Waals surface area contributed by atoms with E-state index in [0.717, 1.165) is 79.3 Å². The molecule has 53 heavy (non-hydrogen) atoms. The topological polar surface area (TPSA) is 171 Å². The van der Waals surface area contributed by atoms with Gasteiger partial charge < -0.3 is 25.8 Å². The zero-order valence-electron chi connectivity index (χ0n) is 29.9. The number of fused-ring (bicyclic) bond motifs is 3. The predicted octanol–water partition coefficient (Wildman–Crippen LogP) is 3.46.